The summed E-state index contributed by atoms with van der Waals surface area (Å²) >= 11 is 0. The molecule has 0 unspecified atom stereocenters. The summed E-state index contributed by atoms with van der Waals surface area (Å²) in [5.41, 5.74) is 4.53. The lowest BCUT2D eigenvalue weighted by molar-refractivity contribution is 0.122. The minimum absolute atomic E-state index is 0.627. The second kappa shape index (κ2) is 8.46. The number of morpholine rings is 1. The summed E-state index contributed by atoms with van der Waals surface area (Å²) in [6, 6.07) is 10.5. The maximum Gasteiger partial charge on any atom is 0.150 e. The van der Waals surface area contributed by atoms with Crippen molar-refractivity contribution in [1.82, 2.24) is 15.0 Å². The molecule has 2 aliphatic rings. The number of aromatic nitrogens is 3. The van der Waals surface area contributed by atoms with E-state index in [1.54, 1.807) is 18.6 Å². The summed E-state index contributed by atoms with van der Waals surface area (Å²) in [7, 11) is 0. The summed E-state index contributed by atoms with van der Waals surface area (Å²) < 4.78 is 5.44. The highest BCUT2D eigenvalue weighted by Crippen LogP contribution is 2.29. The molecule has 1 saturated heterocycles. The van der Waals surface area contributed by atoms with E-state index in [4.69, 9.17) is 9.72 Å². The van der Waals surface area contributed by atoms with E-state index in [9.17, 15) is 0 Å². The van der Waals surface area contributed by atoms with E-state index in [0.717, 1.165) is 55.6 Å². The molecule has 1 aromatic carbocycles. The fraction of sp³-hybridized carbons (Fsp3) is 0.273. The molecule has 8 heteroatoms. The van der Waals surface area contributed by atoms with Crippen LogP contribution < -0.4 is 15.5 Å². The highest BCUT2D eigenvalue weighted by Gasteiger charge is 2.16. The van der Waals surface area contributed by atoms with Crippen LogP contribution in [0.4, 0.5) is 28.8 Å². The zero-order valence-corrected chi connectivity index (χ0v) is 16.6. The smallest absolute Gasteiger partial charge is 0.150 e. The molecule has 30 heavy (non-hydrogen) atoms. The third kappa shape index (κ3) is 4.08. The van der Waals surface area contributed by atoms with Crippen LogP contribution in [0.5, 0.6) is 0 Å². The van der Waals surface area contributed by atoms with Crippen LogP contribution in [0.3, 0.4) is 0 Å². The first kappa shape index (κ1) is 18.5. The predicted molar refractivity (Wildman–Crippen MR) is 118 cm³/mol. The van der Waals surface area contributed by atoms with E-state index in [2.05, 4.69) is 60.8 Å². The van der Waals surface area contributed by atoms with Gasteiger partial charge in [-0.15, -0.1) is 0 Å². The molecule has 3 aromatic rings. The lowest BCUT2D eigenvalue weighted by Crippen LogP contribution is -2.36. The number of nitrogens with one attached hydrogen (secondary N) is 2. The summed E-state index contributed by atoms with van der Waals surface area (Å²) in [4.78, 5) is 20.0. The third-order valence-corrected chi connectivity index (χ3v) is 5.23. The van der Waals surface area contributed by atoms with Gasteiger partial charge in [0.2, 0.25) is 0 Å². The number of hydrogen-bond acceptors (Lipinski definition) is 8. The first-order chi connectivity index (χ1) is 14.8. The number of fused-ring (bicyclic) bond motifs is 1. The van der Waals surface area contributed by atoms with Crippen LogP contribution in [0, 0.1) is 0 Å². The molecule has 0 spiro atoms. The van der Waals surface area contributed by atoms with Crippen molar-refractivity contribution in [3.63, 3.8) is 0 Å². The van der Waals surface area contributed by atoms with Gasteiger partial charge in [-0.05, 0) is 35.9 Å². The maximum absolute atomic E-state index is 5.44. The van der Waals surface area contributed by atoms with Gasteiger partial charge in [0, 0.05) is 55.1 Å². The monoisotopic (exact) mass is 401 g/mol. The molecule has 2 aromatic heterocycles. The Morgan fingerprint density at radius 1 is 0.967 bits per heavy atom. The van der Waals surface area contributed by atoms with Crippen LogP contribution in [-0.4, -0.2) is 47.5 Å². The zero-order chi connectivity index (χ0) is 20.2. The van der Waals surface area contributed by atoms with E-state index in [-0.39, 0.29) is 0 Å². The topological polar surface area (TPSA) is 87.6 Å². The molecule has 4 heterocycles. The van der Waals surface area contributed by atoms with Gasteiger partial charge in [0.25, 0.3) is 0 Å². The molecule has 0 aliphatic carbocycles. The van der Waals surface area contributed by atoms with Gasteiger partial charge in [-0.2, -0.15) is 0 Å². The average Bonchev–Trinajstić information content (AvgIpc) is 2.81. The van der Waals surface area contributed by atoms with Gasteiger partial charge in [0.05, 0.1) is 26.0 Å². The Labute approximate surface area is 175 Å². The van der Waals surface area contributed by atoms with Crippen LogP contribution in [-0.2, 0) is 17.7 Å². The van der Waals surface area contributed by atoms with E-state index in [1.807, 2.05) is 6.21 Å². The van der Waals surface area contributed by atoms with Crippen LogP contribution >= 0.6 is 0 Å². The average molecular weight is 401 g/mol. The quantitative estimate of drug-likeness (QED) is 0.678. The van der Waals surface area contributed by atoms with Crippen molar-refractivity contribution in [2.24, 2.45) is 4.99 Å². The molecule has 0 bridgehead atoms. The second-order valence-corrected chi connectivity index (χ2v) is 7.21. The predicted octanol–water partition coefficient (Wildman–Crippen LogP) is 3.32. The van der Waals surface area contributed by atoms with Crippen molar-refractivity contribution < 1.29 is 4.74 Å². The number of aliphatic imine (C=N–C) groups is 1. The van der Waals surface area contributed by atoms with Gasteiger partial charge in [0.15, 0.2) is 0 Å². The lowest BCUT2D eigenvalue weighted by Gasteiger charge is -2.29. The van der Waals surface area contributed by atoms with Crippen molar-refractivity contribution in [3.8, 4) is 0 Å². The largest absolute Gasteiger partial charge is 0.378 e. The fourth-order valence-corrected chi connectivity index (χ4v) is 3.68. The lowest BCUT2D eigenvalue weighted by atomic mass is 10.0. The van der Waals surface area contributed by atoms with Gasteiger partial charge >= 0.3 is 0 Å². The number of benzene rings is 1. The Hall–Kier alpha value is -3.52. The molecule has 0 atom stereocenters. The summed E-state index contributed by atoms with van der Waals surface area (Å²) in [6.45, 7) is 4.04. The third-order valence-electron chi connectivity index (χ3n) is 5.23. The number of pyridine rings is 1. The van der Waals surface area contributed by atoms with Crippen LogP contribution in [0.1, 0.15) is 11.1 Å². The minimum Gasteiger partial charge on any atom is -0.378 e. The van der Waals surface area contributed by atoms with Crippen LogP contribution in [0.2, 0.25) is 0 Å². The summed E-state index contributed by atoms with van der Waals surface area (Å²) in [6.07, 6.45) is 7.73. The second-order valence-electron chi connectivity index (χ2n) is 7.21. The molecule has 152 valence electrons. The molecule has 5 rings (SSSR count). The van der Waals surface area contributed by atoms with Gasteiger partial charge in [-0.1, -0.05) is 0 Å². The minimum atomic E-state index is 0.627. The Bertz CT molecular complexity index is 1030. The summed E-state index contributed by atoms with van der Waals surface area (Å²) in [5, 5.41) is 6.73. The number of anilines is 5. The van der Waals surface area contributed by atoms with E-state index in [1.165, 1.54) is 11.3 Å². The molecule has 2 N–H and O–H groups in total. The SMILES string of the molecule is C1=NCc2c(cc(Nc3cnccn3)nc2Nc2ccc(N3CCOCC3)cc2)C1. The van der Waals surface area contributed by atoms with Gasteiger partial charge < -0.3 is 20.3 Å². The molecule has 1 fully saturated rings. The molecule has 8 nitrogen and oxygen atoms in total. The first-order valence-corrected chi connectivity index (χ1v) is 10.1. The van der Waals surface area contributed by atoms with Crippen LogP contribution in [0.25, 0.3) is 0 Å². The number of rotatable bonds is 5. The normalized spacial score (nSPS) is 15.5. The fourth-order valence-electron chi connectivity index (χ4n) is 3.68. The number of ether oxygens (including phenoxy) is 1. The highest BCUT2D eigenvalue weighted by atomic mass is 16.5. The van der Waals surface area contributed by atoms with Crippen molar-refractivity contribution in [2.75, 3.05) is 41.8 Å². The maximum atomic E-state index is 5.44. The molecule has 0 saturated carbocycles. The molecule has 2 aliphatic heterocycles. The molecular weight excluding hydrogens is 378 g/mol. The number of hydrogen-bond donors (Lipinski definition) is 2. The Kier molecular flexibility index (Phi) is 5.22. The van der Waals surface area contributed by atoms with E-state index < -0.39 is 0 Å². The highest BCUT2D eigenvalue weighted by molar-refractivity contribution is 5.72. The Morgan fingerprint density at radius 2 is 1.83 bits per heavy atom. The summed E-state index contributed by atoms with van der Waals surface area (Å²) in [5.74, 6) is 2.21. The van der Waals surface area contributed by atoms with Crippen LogP contribution in [0.15, 0.2) is 53.9 Å². The van der Waals surface area contributed by atoms with Gasteiger partial charge in [-0.25, -0.2) is 9.97 Å². The Morgan fingerprint density at radius 3 is 2.63 bits per heavy atom. The van der Waals surface area contributed by atoms with Crippen molar-refractivity contribution in [1.29, 1.82) is 0 Å². The van der Waals surface area contributed by atoms with Crippen molar-refractivity contribution in [3.05, 3.63) is 60.0 Å². The van der Waals surface area contributed by atoms with E-state index in [0.29, 0.717) is 12.4 Å². The van der Waals surface area contributed by atoms with Gasteiger partial charge in [-0.3, -0.25) is 9.98 Å². The van der Waals surface area contributed by atoms with Crippen molar-refractivity contribution in [2.45, 2.75) is 13.0 Å². The van der Waals surface area contributed by atoms with Gasteiger partial charge in [0.1, 0.15) is 17.5 Å². The standard InChI is InChI=1S/C22H23N7O/c1-3-18(29-9-11-30-12-10-29)4-2-17(1)26-22-19-14-23-6-5-16(19)13-20(28-22)27-21-15-24-7-8-25-21/h1-4,6-8,13,15H,5,9-12,14H2,(H2,25,26,27,28). The number of nitrogens with zero attached hydrogens (tertiary/aromatic N) is 5. The first-order valence-electron chi connectivity index (χ1n) is 10.1. The molecular formula is C22H23N7O. The Balaban J connectivity index is 1.39. The van der Waals surface area contributed by atoms with E-state index >= 15 is 0 Å². The molecule has 0 amide bonds. The molecule has 0 radical (unpaired) electrons. The van der Waals surface area contributed by atoms with Crippen molar-refractivity contribution >= 4 is 35.0 Å². The zero-order valence-electron chi connectivity index (χ0n) is 16.6.